The molecular formula is C11H20N2O. The van der Waals surface area contributed by atoms with E-state index in [0.717, 1.165) is 13.1 Å². The van der Waals surface area contributed by atoms with Crippen LogP contribution < -0.4 is 5.32 Å². The molecule has 0 radical (unpaired) electrons. The standard InChI is InChI=1S/C11H20N2O/c1-8-10(14)13(9-4-5-9)7-11(2,3)6-12-8/h8-9,12H,4-7H2,1-3H3. The Bertz CT molecular complexity index is 246. The van der Waals surface area contributed by atoms with Gasteiger partial charge in [0.05, 0.1) is 6.04 Å². The van der Waals surface area contributed by atoms with E-state index in [-0.39, 0.29) is 17.4 Å². The molecule has 1 saturated carbocycles. The highest BCUT2D eigenvalue weighted by atomic mass is 16.2. The predicted octanol–water partition coefficient (Wildman–Crippen LogP) is 0.995. The summed E-state index contributed by atoms with van der Waals surface area (Å²) >= 11 is 0. The van der Waals surface area contributed by atoms with E-state index in [1.807, 2.05) is 6.92 Å². The Morgan fingerprint density at radius 1 is 1.43 bits per heavy atom. The first kappa shape index (κ1) is 9.97. The Kier molecular flexibility index (Phi) is 2.30. The number of nitrogens with one attached hydrogen (secondary N) is 1. The molecule has 1 aliphatic carbocycles. The van der Waals surface area contributed by atoms with Gasteiger partial charge in [-0.25, -0.2) is 0 Å². The highest BCUT2D eigenvalue weighted by Crippen LogP contribution is 2.31. The average molecular weight is 196 g/mol. The molecule has 1 unspecified atom stereocenters. The van der Waals surface area contributed by atoms with Crippen molar-refractivity contribution in [2.75, 3.05) is 13.1 Å². The molecule has 0 bridgehead atoms. The smallest absolute Gasteiger partial charge is 0.239 e. The number of rotatable bonds is 1. The maximum absolute atomic E-state index is 12.0. The second kappa shape index (κ2) is 3.23. The maximum atomic E-state index is 12.0. The zero-order valence-electron chi connectivity index (χ0n) is 9.34. The van der Waals surface area contributed by atoms with Crippen molar-refractivity contribution in [3.05, 3.63) is 0 Å². The van der Waals surface area contributed by atoms with E-state index in [9.17, 15) is 4.79 Å². The van der Waals surface area contributed by atoms with Gasteiger partial charge in [0.1, 0.15) is 0 Å². The Labute approximate surface area is 85.8 Å². The van der Waals surface area contributed by atoms with Crippen molar-refractivity contribution >= 4 is 5.91 Å². The zero-order chi connectivity index (χ0) is 10.3. The van der Waals surface area contributed by atoms with Crippen molar-refractivity contribution in [1.29, 1.82) is 0 Å². The van der Waals surface area contributed by atoms with Crippen LogP contribution in [0.3, 0.4) is 0 Å². The Balaban J connectivity index is 2.14. The van der Waals surface area contributed by atoms with E-state index in [4.69, 9.17) is 0 Å². The van der Waals surface area contributed by atoms with Crippen LogP contribution in [0.1, 0.15) is 33.6 Å². The summed E-state index contributed by atoms with van der Waals surface area (Å²) in [4.78, 5) is 14.1. The SMILES string of the molecule is CC1NCC(C)(C)CN(C2CC2)C1=O. The van der Waals surface area contributed by atoms with Crippen LogP contribution in [0.4, 0.5) is 0 Å². The molecule has 0 aromatic heterocycles. The molecule has 0 aromatic carbocycles. The van der Waals surface area contributed by atoms with E-state index in [2.05, 4.69) is 24.1 Å². The molecule has 1 atom stereocenters. The van der Waals surface area contributed by atoms with Crippen molar-refractivity contribution in [3.8, 4) is 0 Å². The molecule has 1 saturated heterocycles. The molecule has 1 N–H and O–H groups in total. The van der Waals surface area contributed by atoms with Crippen molar-refractivity contribution in [3.63, 3.8) is 0 Å². The van der Waals surface area contributed by atoms with E-state index in [0.29, 0.717) is 6.04 Å². The van der Waals surface area contributed by atoms with Crippen molar-refractivity contribution in [2.45, 2.75) is 45.7 Å². The summed E-state index contributed by atoms with van der Waals surface area (Å²) in [6.45, 7) is 8.26. The van der Waals surface area contributed by atoms with E-state index >= 15 is 0 Å². The quantitative estimate of drug-likeness (QED) is 0.678. The molecule has 2 aliphatic rings. The molecule has 14 heavy (non-hydrogen) atoms. The van der Waals surface area contributed by atoms with Crippen molar-refractivity contribution < 1.29 is 4.79 Å². The topological polar surface area (TPSA) is 32.3 Å². The fraction of sp³-hybridized carbons (Fsp3) is 0.909. The Hall–Kier alpha value is -0.570. The lowest BCUT2D eigenvalue weighted by atomic mass is 9.93. The van der Waals surface area contributed by atoms with Crippen LogP contribution in [0.5, 0.6) is 0 Å². The average Bonchev–Trinajstić information content (AvgIpc) is 2.91. The van der Waals surface area contributed by atoms with Gasteiger partial charge in [-0.15, -0.1) is 0 Å². The Morgan fingerprint density at radius 2 is 2.07 bits per heavy atom. The van der Waals surface area contributed by atoms with Gasteiger partial charge in [-0.05, 0) is 25.2 Å². The lowest BCUT2D eigenvalue weighted by molar-refractivity contribution is -0.133. The molecule has 2 fully saturated rings. The first-order valence-corrected chi connectivity index (χ1v) is 5.53. The van der Waals surface area contributed by atoms with Gasteiger partial charge >= 0.3 is 0 Å². The van der Waals surface area contributed by atoms with Crippen LogP contribution in [-0.2, 0) is 4.79 Å². The second-order valence-electron chi connectivity index (χ2n) is 5.46. The number of nitrogens with zero attached hydrogens (tertiary/aromatic N) is 1. The molecule has 0 aromatic rings. The highest BCUT2D eigenvalue weighted by Gasteiger charge is 2.39. The van der Waals surface area contributed by atoms with Gasteiger partial charge in [-0.1, -0.05) is 13.8 Å². The Morgan fingerprint density at radius 3 is 2.64 bits per heavy atom. The summed E-state index contributed by atoms with van der Waals surface area (Å²) in [5, 5.41) is 3.31. The normalized spacial score (nSPS) is 32.9. The third-order valence-corrected chi connectivity index (χ3v) is 3.13. The van der Waals surface area contributed by atoms with Gasteiger partial charge in [0.15, 0.2) is 0 Å². The van der Waals surface area contributed by atoms with Crippen molar-refractivity contribution in [2.24, 2.45) is 5.41 Å². The minimum absolute atomic E-state index is 0.00243. The lowest BCUT2D eigenvalue weighted by Crippen LogP contribution is -2.43. The van der Waals surface area contributed by atoms with Crippen molar-refractivity contribution in [1.82, 2.24) is 10.2 Å². The van der Waals surface area contributed by atoms with Crippen LogP contribution in [-0.4, -0.2) is 36.0 Å². The molecule has 3 nitrogen and oxygen atoms in total. The number of carbonyl (C=O) groups excluding carboxylic acids is 1. The summed E-state index contributed by atoms with van der Waals surface area (Å²) in [5.74, 6) is 0.290. The lowest BCUT2D eigenvalue weighted by Gasteiger charge is -2.29. The molecule has 1 aliphatic heterocycles. The number of amides is 1. The second-order valence-corrected chi connectivity index (χ2v) is 5.46. The third kappa shape index (κ3) is 1.92. The van der Waals surface area contributed by atoms with Gasteiger partial charge in [-0.3, -0.25) is 4.79 Å². The molecule has 1 amide bonds. The first-order chi connectivity index (χ1) is 6.49. The summed E-state index contributed by atoms with van der Waals surface area (Å²) < 4.78 is 0. The third-order valence-electron chi connectivity index (χ3n) is 3.13. The predicted molar refractivity (Wildman–Crippen MR) is 56.0 cm³/mol. The summed E-state index contributed by atoms with van der Waals surface area (Å²) in [5.41, 5.74) is 0.211. The van der Waals surface area contributed by atoms with E-state index in [1.165, 1.54) is 12.8 Å². The van der Waals surface area contributed by atoms with Crippen LogP contribution >= 0.6 is 0 Å². The fourth-order valence-corrected chi connectivity index (χ4v) is 2.06. The minimum Gasteiger partial charge on any atom is -0.338 e. The van der Waals surface area contributed by atoms with Crippen LogP contribution in [0, 0.1) is 5.41 Å². The molecule has 80 valence electrons. The molecule has 1 heterocycles. The summed E-state index contributed by atoms with van der Waals surface area (Å²) in [6.07, 6.45) is 2.41. The molecule has 2 rings (SSSR count). The largest absolute Gasteiger partial charge is 0.338 e. The van der Waals surface area contributed by atoms with Gasteiger partial charge in [0.2, 0.25) is 5.91 Å². The van der Waals surface area contributed by atoms with E-state index in [1.54, 1.807) is 0 Å². The minimum atomic E-state index is -0.00243. The van der Waals surface area contributed by atoms with Gasteiger partial charge in [0.25, 0.3) is 0 Å². The number of carbonyl (C=O) groups is 1. The molecule has 3 heteroatoms. The molecule has 0 spiro atoms. The summed E-state index contributed by atoms with van der Waals surface area (Å²) in [6, 6.07) is 0.543. The highest BCUT2D eigenvalue weighted by molar-refractivity contribution is 5.82. The number of hydrogen-bond donors (Lipinski definition) is 1. The van der Waals surface area contributed by atoms with Crippen LogP contribution in [0.15, 0.2) is 0 Å². The zero-order valence-corrected chi connectivity index (χ0v) is 9.34. The first-order valence-electron chi connectivity index (χ1n) is 5.53. The summed E-state index contributed by atoms with van der Waals surface area (Å²) in [7, 11) is 0. The van der Waals surface area contributed by atoms with Gasteiger partial charge < -0.3 is 10.2 Å². The maximum Gasteiger partial charge on any atom is 0.239 e. The van der Waals surface area contributed by atoms with Crippen LogP contribution in [0.25, 0.3) is 0 Å². The number of hydrogen-bond acceptors (Lipinski definition) is 2. The van der Waals surface area contributed by atoms with E-state index < -0.39 is 0 Å². The monoisotopic (exact) mass is 196 g/mol. The molecular weight excluding hydrogens is 176 g/mol. The van der Waals surface area contributed by atoms with Gasteiger partial charge in [0, 0.05) is 19.1 Å². The fourth-order valence-electron chi connectivity index (χ4n) is 2.06. The van der Waals surface area contributed by atoms with Crippen LogP contribution in [0.2, 0.25) is 0 Å². The van der Waals surface area contributed by atoms with Gasteiger partial charge in [-0.2, -0.15) is 0 Å².